The van der Waals surface area contributed by atoms with Gasteiger partial charge >= 0.3 is 0 Å². The maximum absolute atomic E-state index is 13.6. The van der Waals surface area contributed by atoms with Gasteiger partial charge < -0.3 is 4.74 Å². The molecule has 0 saturated carbocycles. The van der Waals surface area contributed by atoms with Gasteiger partial charge in [-0.3, -0.25) is 9.78 Å². The van der Waals surface area contributed by atoms with Crippen molar-refractivity contribution >= 4 is 5.78 Å². The monoisotopic (exact) mass is 295 g/mol. The Labute approximate surface area is 119 Å². The number of benzene rings is 1. The lowest BCUT2D eigenvalue weighted by Gasteiger charge is -2.07. The molecule has 1 aromatic carbocycles. The Bertz CT molecular complexity index is 651. The zero-order chi connectivity index (χ0) is 15.4. The third-order valence-electron chi connectivity index (χ3n) is 2.68. The minimum atomic E-state index is -1.25. The van der Waals surface area contributed by atoms with E-state index in [4.69, 9.17) is 4.74 Å². The van der Waals surface area contributed by atoms with Crippen molar-refractivity contribution in [2.24, 2.45) is 0 Å². The fraction of sp³-hybridized carbons (Fsp3) is 0.200. The normalized spacial score (nSPS) is 10.5. The number of carbonyl (C=O) groups excluding carboxylic acids is 1. The third-order valence-corrected chi connectivity index (χ3v) is 2.68. The van der Waals surface area contributed by atoms with Crippen molar-refractivity contribution in [2.75, 3.05) is 6.61 Å². The van der Waals surface area contributed by atoms with E-state index >= 15 is 0 Å². The molecule has 0 fully saturated rings. The predicted molar refractivity (Wildman–Crippen MR) is 69.8 cm³/mol. The summed E-state index contributed by atoms with van der Waals surface area (Å²) in [6, 6.07) is 2.26. The molecule has 0 bridgehead atoms. The number of aromatic nitrogens is 1. The van der Waals surface area contributed by atoms with Crippen LogP contribution in [0.2, 0.25) is 0 Å². The largest absolute Gasteiger partial charge is 0.492 e. The van der Waals surface area contributed by atoms with Crippen LogP contribution in [0.15, 0.2) is 30.6 Å². The molecule has 2 aromatic rings. The minimum Gasteiger partial charge on any atom is -0.492 e. The van der Waals surface area contributed by atoms with Gasteiger partial charge in [-0.05, 0) is 12.5 Å². The molecule has 0 N–H and O–H groups in total. The van der Waals surface area contributed by atoms with Crippen LogP contribution in [0.1, 0.15) is 29.3 Å². The van der Waals surface area contributed by atoms with Crippen molar-refractivity contribution in [1.82, 2.24) is 4.98 Å². The molecule has 0 atom stereocenters. The highest BCUT2D eigenvalue weighted by Gasteiger charge is 2.21. The molecule has 21 heavy (non-hydrogen) atoms. The number of nitrogens with zero attached hydrogens (tertiary/aromatic N) is 1. The molecule has 1 aromatic heterocycles. The summed E-state index contributed by atoms with van der Waals surface area (Å²) >= 11 is 0. The first kappa shape index (κ1) is 15.0. The molecule has 1 heterocycles. The van der Waals surface area contributed by atoms with Crippen molar-refractivity contribution in [2.45, 2.75) is 13.3 Å². The highest BCUT2D eigenvalue weighted by Crippen LogP contribution is 2.20. The van der Waals surface area contributed by atoms with Gasteiger partial charge in [0.25, 0.3) is 0 Å². The maximum atomic E-state index is 13.6. The van der Waals surface area contributed by atoms with Gasteiger partial charge in [0.1, 0.15) is 23.2 Å². The van der Waals surface area contributed by atoms with Crippen LogP contribution in [0.25, 0.3) is 0 Å². The molecular weight excluding hydrogens is 283 g/mol. The van der Waals surface area contributed by atoms with Crippen LogP contribution in [0.3, 0.4) is 0 Å². The lowest BCUT2D eigenvalue weighted by molar-refractivity contribution is 0.103. The number of hydrogen-bond acceptors (Lipinski definition) is 3. The van der Waals surface area contributed by atoms with E-state index in [1.54, 1.807) is 0 Å². The van der Waals surface area contributed by atoms with Crippen molar-refractivity contribution in [3.63, 3.8) is 0 Å². The average Bonchev–Trinajstić information content (AvgIpc) is 2.44. The topological polar surface area (TPSA) is 39.2 Å². The molecule has 0 amide bonds. The Hall–Kier alpha value is -2.37. The minimum absolute atomic E-state index is 0.0342. The van der Waals surface area contributed by atoms with Gasteiger partial charge in [0.15, 0.2) is 0 Å². The second-order valence-electron chi connectivity index (χ2n) is 4.33. The molecule has 2 rings (SSSR count). The zero-order valence-corrected chi connectivity index (χ0v) is 11.2. The standard InChI is InChI=1S/C15H12F3NO2/c1-2-3-21-11-4-9(7-19-8-11)15(20)14-12(17)5-10(16)6-13(14)18/h4-8H,2-3H2,1H3. The first-order chi connectivity index (χ1) is 10.0. The van der Waals surface area contributed by atoms with Crippen molar-refractivity contribution in [1.29, 1.82) is 0 Å². The number of pyridine rings is 1. The number of ether oxygens (including phenoxy) is 1. The van der Waals surface area contributed by atoms with E-state index < -0.39 is 28.8 Å². The van der Waals surface area contributed by atoms with E-state index in [1.807, 2.05) is 6.92 Å². The molecule has 0 aliphatic carbocycles. The van der Waals surface area contributed by atoms with Crippen LogP contribution in [-0.4, -0.2) is 17.4 Å². The first-order valence-corrected chi connectivity index (χ1v) is 6.30. The van der Waals surface area contributed by atoms with Gasteiger partial charge in [0.05, 0.1) is 18.4 Å². The van der Waals surface area contributed by atoms with E-state index in [2.05, 4.69) is 4.98 Å². The molecule has 0 spiro atoms. The Morgan fingerprint density at radius 2 is 1.81 bits per heavy atom. The molecule has 0 radical (unpaired) electrons. The SMILES string of the molecule is CCCOc1cncc(C(=O)c2c(F)cc(F)cc2F)c1. The van der Waals surface area contributed by atoms with Crippen LogP contribution in [0, 0.1) is 17.5 Å². The summed E-state index contributed by atoms with van der Waals surface area (Å²) in [6.07, 6.45) is 3.33. The van der Waals surface area contributed by atoms with E-state index in [1.165, 1.54) is 18.5 Å². The van der Waals surface area contributed by atoms with Gasteiger partial charge in [-0.25, -0.2) is 13.2 Å². The molecule has 3 nitrogen and oxygen atoms in total. The van der Waals surface area contributed by atoms with E-state index in [9.17, 15) is 18.0 Å². The van der Waals surface area contributed by atoms with Crippen molar-refractivity contribution in [3.05, 3.63) is 59.2 Å². The number of rotatable bonds is 5. The number of ketones is 1. The summed E-state index contributed by atoms with van der Waals surface area (Å²) in [5.74, 6) is -4.18. The lowest BCUT2D eigenvalue weighted by atomic mass is 10.0. The highest BCUT2D eigenvalue weighted by atomic mass is 19.1. The molecule has 0 unspecified atom stereocenters. The second kappa shape index (κ2) is 6.39. The summed E-state index contributed by atoms with van der Waals surface area (Å²) < 4.78 is 45.3. The summed E-state index contributed by atoms with van der Waals surface area (Å²) in [5.41, 5.74) is -0.848. The number of carbonyl (C=O) groups is 1. The van der Waals surface area contributed by atoms with Crippen LogP contribution >= 0.6 is 0 Å². The van der Waals surface area contributed by atoms with Crippen LogP contribution < -0.4 is 4.74 Å². The Morgan fingerprint density at radius 3 is 2.43 bits per heavy atom. The fourth-order valence-electron chi connectivity index (χ4n) is 1.75. The van der Waals surface area contributed by atoms with Gasteiger partial charge in [-0.15, -0.1) is 0 Å². The van der Waals surface area contributed by atoms with Crippen LogP contribution in [0.5, 0.6) is 5.75 Å². The maximum Gasteiger partial charge on any atom is 0.200 e. The quantitative estimate of drug-likeness (QED) is 0.792. The average molecular weight is 295 g/mol. The number of hydrogen-bond donors (Lipinski definition) is 0. The Morgan fingerprint density at radius 1 is 1.14 bits per heavy atom. The van der Waals surface area contributed by atoms with Crippen LogP contribution in [-0.2, 0) is 0 Å². The Balaban J connectivity index is 2.36. The summed E-state index contributed by atoms with van der Waals surface area (Å²) in [5, 5.41) is 0. The van der Waals surface area contributed by atoms with Gasteiger partial charge in [0, 0.05) is 23.9 Å². The Kier molecular flexibility index (Phi) is 4.57. The van der Waals surface area contributed by atoms with E-state index in [-0.39, 0.29) is 5.56 Å². The number of halogens is 3. The molecular formula is C15H12F3NO2. The van der Waals surface area contributed by atoms with Gasteiger partial charge in [-0.2, -0.15) is 0 Å². The van der Waals surface area contributed by atoms with Gasteiger partial charge in [-0.1, -0.05) is 6.92 Å². The second-order valence-corrected chi connectivity index (χ2v) is 4.33. The summed E-state index contributed by atoms with van der Waals surface area (Å²) in [6.45, 7) is 2.34. The molecule has 6 heteroatoms. The molecule has 0 saturated heterocycles. The van der Waals surface area contributed by atoms with E-state index in [0.717, 1.165) is 6.42 Å². The van der Waals surface area contributed by atoms with Crippen molar-refractivity contribution < 1.29 is 22.7 Å². The molecule has 110 valence electrons. The smallest absolute Gasteiger partial charge is 0.200 e. The molecule has 0 aliphatic heterocycles. The third kappa shape index (κ3) is 3.39. The van der Waals surface area contributed by atoms with Gasteiger partial charge in [0.2, 0.25) is 5.78 Å². The highest BCUT2D eigenvalue weighted by molar-refractivity contribution is 6.09. The predicted octanol–water partition coefficient (Wildman–Crippen LogP) is 3.52. The summed E-state index contributed by atoms with van der Waals surface area (Å²) in [4.78, 5) is 15.9. The van der Waals surface area contributed by atoms with Crippen LogP contribution in [0.4, 0.5) is 13.2 Å². The zero-order valence-electron chi connectivity index (χ0n) is 11.2. The summed E-state index contributed by atoms with van der Waals surface area (Å²) in [7, 11) is 0. The fourth-order valence-corrected chi connectivity index (χ4v) is 1.75. The lowest BCUT2D eigenvalue weighted by Crippen LogP contribution is -2.09. The molecule has 0 aliphatic rings. The van der Waals surface area contributed by atoms with E-state index in [0.29, 0.717) is 24.5 Å². The van der Waals surface area contributed by atoms with Crippen molar-refractivity contribution in [3.8, 4) is 5.75 Å². The first-order valence-electron chi connectivity index (χ1n) is 6.30.